The number of amides is 2. The largest absolute Gasteiger partial charge is 0.480 e. The van der Waals surface area contributed by atoms with Gasteiger partial charge in [0.2, 0.25) is 0 Å². The first-order chi connectivity index (χ1) is 17.3. The molecular formula is C26H22N2O8. The summed E-state index contributed by atoms with van der Waals surface area (Å²) in [4.78, 5) is 60.8. The Bertz CT molecular complexity index is 1570. The van der Waals surface area contributed by atoms with E-state index < -0.39 is 35.1 Å². The number of hydrogen-bond donors (Lipinski definition) is 3. The van der Waals surface area contributed by atoms with Gasteiger partial charge in [-0.05, 0) is 43.5 Å². The summed E-state index contributed by atoms with van der Waals surface area (Å²) in [6, 6.07) is 15.0. The summed E-state index contributed by atoms with van der Waals surface area (Å²) in [7, 11) is 0. The van der Waals surface area contributed by atoms with Crippen LogP contribution in [0.3, 0.4) is 0 Å². The second-order valence-corrected chi connectivity index (χ2v) is 8.09. The Labute approximate surface area is 203 Å². The third-order valence-electron chi connectivity index (χ3n) is 5.58. The summed E-state index contributed by atoms with van der Waals surface area (Å²) in [5.41, 5.74) is -1.34. The van der Waals surface area contributed by atoms with E-state index >= 15 is 0 Å². The molecule has 10 heteroatoms. The number of benzene rings is 2. The third-order valence-corrected chi connectivity index (χ3v) is 5.58. The van der Waals surface area contributed by atoms with Crippen LogP contribution < -0.4 is 21.9 Å². The molecule has 0 aliphatic heterocycles. The smallest absolute Gasteiger partial charge is 0.349 e. The maximum Gasteiger partial charge on any atom is 0.349 e. The van der Waals surface area contributed by atoms with Crippen molar-refractivity contribution in [3.8, 4) is 0 Å². The first-order valence-electron chi connectivity index (χ1n) is 11.2. The van der Waals surface area contributed by atoms with Gasteiger partial charge in [-0.1, -0.05) is 36.4 Å². The Morgan fingerprint density at radius 1 is 0.778 bits per heavy atom. The van der Waals surface area contributed by atoms with Gasteiger partial charge in [0.25, 0.3) is 11.8 Å². The fourth-order valence-corrected chi connectivity index (χ4v) is 3.70. The van der Waals surface area contributed by atoms with Gasteiger partial charge in [0.05, 0.1) is 0 Å². The standard InChI is InChI=1S/C26H22N2O8/c29-22(17-13-15-7-1-3-10-20(15)35-25(17)33)27-12-6-5-9-19(24(31)32)28-23(30)18-14-16-8-2-4-11-21(16)36-26(18)34/h1-4,7-8,10-11,13-14,19H,5-6,9,12H2,(H,27,29)(H,28,30)(H,31,32)/t19-/m0/s1. The maximum atomic E-state index is 12.6. The predicted molar refractivity (Wildman–Crippen MR) is 130 cm³/mol. The quantitative estimate of drug-likeness (QED) is 0.239. The van der Waals surface area contributed by atoms with Gasteiger partial charge in [-0.25, -0.2) is 14.4 Å². The molecule has 184 valence electrons. The van der Waals surface area contributed by atoms with E-state index in [0.717, 1.165) is 0 Å². The molecule has 1 atom stereocenters. The normalized spacial score (nSPS) is 11.8. The number of aliphatic carboxylic acids is 1. The number of carboxylic acids is 1. The number of rotatable bonds is 9. The summed E-state index contributed by atoms with van der Waals surface area (Å²) in [6.07, 6.45) is 0.798. The molecule has 0 saturated carbocycles. The molecule has 2 heterocycles. The Morgan fingerprint density at radius 3 is 1.86 bits per heavy atom. The number of hydrogen-bond acceptors (Lipinski definition) is 7. The lowest BCUT2D eigenvalue weighted by molar-refractivity contribution is -0.139. The molecule has 36 heavy (non-hydrogen) atoms. The molecule has 2 aromatic heterocycles. The molecule has 0 unspecified atom stereocenters. The maximum absolute atomic E-state index is 12.6. The number of carbonyl (C=O) groups excluding carboxylic acids is 2. The molecule has 4 rings (SSSR count). The zero-order valence-electron chi connectivity index (χ0n) is 19.0. The number of nitrogens with one attached hydrogen (secondary N) is 2. The Hall–Kier alpha value is -4.73. The lowest BCUT2D eigenvalue weighted by atomic mass is 10.1. The van der Waals surface area contributed by atoms with Crippen molar-refractivity contribution < 1.29 is 28.3 Å². The minimum absolute atomic E-state index is 0.0635. The minimum atomic E-state index is -1.26. The predicted octanol–water partition coefficient (Wildman–Crippen LogP) is 2.68. The van der Waals surface area contributed by atoms with Gasteiger partial charge in [0.1, 0.15) is 28.3 Å². The van der Waals surface area contributed by atoms with E-state index in [-0.39, 0.29) is 24.1 Å². The van der Waals surface area contributed by atoms with Crippen molar-refractivity contribution in [2.24, 2.45) is 0 Å². The van der Waals surface area contributed by atoms with Gasteiger partial charge >= 0.3 is 17.2 Å². The number of fused-ring (bicyclic) bond motifs is 2. The average molecular weight is 490 g/mol. The summed E-state index contributed by atoms with van der Waals surface area (Å²) in [5.74, 6) is -2.70. The van der Waals surface area contributed by atoms with Gasteiger partial charge in [0.15, 0.2) is 0 Å². The van der Waals surface area contributed by atoms with Crippen LogP contribution in [0.1, 0.15) is 40.0 Å². The number of para-hydroxylation sites is 2. The average Bonchev–Trinajstić information content (AvgIpc) is 2.86. The summed E-state index contributed by atoms with van der Waals surface area (Å²) in [5, 5.41) is 15.6. The highest BCUT2D eigenvalue weighted by Gasteiger charge is 2.23. The highest BCUT2D eigenvalue weighted by Crippen LogP contribution is 2.14. The molecule has 0 spiro atoms. The molecule has 0 fully saturated rings. The molecular weight excluding hydrogens is 468 g/mol. The summed E-state index contributed by atoms with van der Waals surface area (Å²) in [6.45, 7) is 0.180. The topological polar surface area (TPSA) is 156 Å². The van der Waals surface area contributed by atoms with Crippen molar-refractivity contribution >= 4 is 39.7 Å². The summed E-state index contributed by atoms with van der Waals surface area (Å²) >= 11 is 0. The van der Waals surface area contributed by atoms with Crippen LogP contribution in [-0.4, -0.2) is 35.5 Å². The van der Waals surface area contributed by atoms with Gasteiger partial charge in [-0.3, -0.25) is 9.59 Å². The van der Waals surface area contributed by atoms with Crippen molar-refractivity contribution in [2.75, 3.05) is 6.54 Å². The number of unbranched alkanes of at least 4 members (excludes halogenated alkanes) is 1. The van der Waals surface area contributed by atoms with Crippen LogP contribution in [0.5, 0.6) is 0 Å². The van der Waals surface area contributed by atoms with Crippen LogP contribution in [0.15, 0.2) is 79.1 Å². The fourth-order valence-electron chi connectivity index (χ4n) is 3.70. The van der Waals surface area contributed by atoms with E-state index in [1.165, 1.54) is 12.1 Å². The highest BCUT2D eigenvalue weighted by molar-refractivity contribution is 5.98. The van der Waals surface area contributed by atoms with E-state index in [1.54, 1.807) is 48.5 Å². The van der Waals surface area contributed by atoms with Crippen molar-refractivity contribution in [3.05, 3.63) is 92.6 Å². The molecule has 0 bridgehead atoms. The van der Waals surface area contributed by atoms with Crippen molar-refractivity contribution in [1.29, 1.82) is 0 Å². The van der Waals surface area contributed by atoms with Gasteiger partial charge < -0.3 is 24.6 Å². The molecule has 0 saturated heterocycles. The molecule has 4 aromatic rings. The molecule has 3 N–H and O–H groups in total. The van der Waals surface area contributed by atoms with Crippen LogP contribution in [0, 0.1) is 0 Å². The molecule has 0 aliphatic carbocycles. The van der Waals surface area contributed by atoms with Crippen LogP contribution in [0.25, 0.3) is 21.9 Å². The zero-order chi connectivity index (χ0) is 25.7. The zero-order valence-corrected chi connectivity index (χ0v) is 19.0. The highest BCUT2D eigenvalue weighted by atomic mass is 16.4. The van der Waals surface area contributed by atoms with Crippen LogP contribution in [0.2, 0.25) is 0 Å². The van der Waals surface area contributed by atoms with E-state index in [4.69, 9.17) is 8.83 Å². The minimum Gasteiger partial charge on any atom is -0.480 e. The van der Waals surface area contributed by atoms with Crippen LogP contribution in [0.4, 0.5) is 0 Å². The molecule has 0 aliphatic rings. The lowest BCUT2D eigenvalue weighted by Gasteiger charge is -2.14. The van der Waals surface area contributed by atoms with E-state index in [0.29, 0.717) is 34.8 Å². The van der Waals surface area contributed by atoms with Gasteiger partial charge in [-0.15, -0.1) is 0 Å². The molecule has 2 aromatic carbocycles. The molecule has 0 radical (unpaired) electrons. The van der Waals surface area contributed by atoms with E-state index in [1.807, 2.05) is 0 Å². The lowest BCUT2D eigenvalue weighted by Crippen LogP contribution is -2.42. The molecule has 10 nitrogen and oxygen atoms in total. The van der Waals surface area contributed by atoms with E-state index in [2.05, 4.69) is 10.6 Å². The second kappa shape index (κ2) is 10.7. The van der Waals surface area contributed by atoms with Crippen LogP contribution in [-0.2, 0) is 4.79 Å². The third kappa shape index (κ3) is 5.49. The van der Waals surface area contributed by atoms with Gasteiger partial charge in [-0.2, -0.15) is 0 Å². The SMILES string of the molecule is O=C(NCCCC[C@H](NC(=O)c1cc2ccccc2oc1=O)C(=O)O)c1cc2ccccc2oc1=O. The first kappa shape index (κ1) is 24.4. The van der Waals surface area contributed by atoms with Crippen molar-refractivity contribution in [1.82, 2.24) is 10.6 Å². The number of carbonyl (C=O) groups is 3. The summed E-state index contributed by atoms with van der Waals surface area (Å²) < 4.78 is 10.3. The Kier molecular flexibility index (Phi) is 7.24. The van der Waals surface area contributed by atoms with Crippen molar-refractivity contribution in [2.45, 2.75) is 25.3 Å². The Morgan fingerprint density at radius 2 is 1.31 bits per heavy atom. The number of carboxylic acid groups (broad SMARTS) is 1. The monoisotopic (exact) mass is 490 g/mol. The Balaban J connectivity index is 1.31. The van der Waals surface area contributed by atoms with E-state index in [9.17, 15) is 29.1 Å². The fraction of sp³-hybridized carbons (Fsp3) is 0.192. The second-order valence-electron chi connectivity index (χ2n) is 8.09. The van der Waals surface area contributed by atoms with Crippen molar-refractivity contribution in [3.63, 3.8) is 0 Å². The first-order valence-corrected chi connectivity index (χ1v) is 11.2. The van der Waals surface area contributed by atoms with Gasteiger partial charge in [0, 0.05) is 17.3 Å². The van der Waals surface area contributed by atoms with Crippen LogP contribution >= 0.6 is 0 Å². The molecule has 2 amide bonds.